The molecule has 0 bridgehead atoms. The van der Waals surface area contributed by atoms with Crippen LogP contribution in [-0.4, -0.2) is 53.8 Å². The second-order valence-electron chi connectivity index (χ2n) is 7.00. The Kier molecular flexibility index (Phi) is 6.51. The molecule has 1 atom stereocenters. The van der Waals surface area contributed by atoms with Crippen molar-refractivity contribution in [1.82, 2.24) is 9.62 Å². The van der Waals surface area contributed by atoms with Crippen LogP contribution >= 0.6 is 0 Å². The van der Waals surface area contributed by atoms with Crippen molar-refractivity contribution in [3.05, 3.63) is 42.0 Å². The first-order chi connectivity index (χ1) is 13.8. The molecule has 3 N–H and O–H groups in total. The van der Waals surface area contributed by atoms with E-state index in [0.29, 0.717) is 28.5 Å². The van der Waals surface area contributed by atoms with Gasteiger partial charge in [0.2, 0.25) is 10.0 Å². The van der Waals surface area contributed by atoms with E-state index in [2.05, 4.69) is 9.62 Å². The molecule has 2 aromatic rings. The number of nitrogens with zero attached hydrogens (tertiary/aromatic N) is 1. The Morgan fingerprint density at radius 2 is 1.93 bits per heavy atom. The van der Waals surface area contributed by atoms with Gasteiger partial charge in [0.15, 0.2) is 0 Å². The minimum atomic E-state index is -3.86. The lowest BCUT2D eigenvalue weighted by molar-refractivity contribution is 0.203. The average molecular weight is 422 g/mol. The summed E-state index contributed by atoms with van der Waals surface area (Å²) >= 11 is 0. The molecule has 1 heterocycles. The topological polar surface area (TPSA) is 103 Å². The fraction of sp³-hybridized carbons (Fsp3) is 0.400. The molecule has 0 aromatic heterocycles. The second-order valence-corrected chi connectivity index (χ2v) is 8.73. The quantitative estimate of drug-likeness (QED) is 0.627. The lowest BCUT2D eigenvalue weighted by Gasteiger charge is -2.18. The number of sulfonamides is 1. The first kappa shape index (κ1) is 21.2. The van der Waals surface area contributed by atoms with Gasteiger partial charge in [-0.05, 0) is 37.7 Å². The summed E-state index contributed by atoms with van der Waals surface area (Å²) in [5.41, 5.74) is 6.88. The highest BCUT2D eigenvalue weighted by molar-refractivity contribution is 7.89. The summed E-state index contributed by atoms with van der Waals surface area (Å²) in [7, 11) is 1.22. The number of hydrogen-bond acceptors (Lipinski definition) is 7. The second kappa shape index (κ2) is 8.89. The molecule has 0 saturated carbocycles. The molecule has 3 rings (SSSR count). The zero-order valence-electron chi connectivity index (χ0n) is 16.8. The molecule has 1 aliphatic rings. The van der Waals surface area contributed by atoms with E-state index < -0.39 is 10.0 Å². The number of likely N-dealkylation sites (tertiary alicyclic amines) is 1. The van der Waals surface area contributed by atoms with Crippen molar-refractivity contribution in [3.63, 3.8) is 0 Å². The van der Waals surface area contributed by atoms with E-state index in [1.807, 2.05) is 7.05 Å². The van der Waals surface area contributed by atoms with Crippen LogP contribution in [0.3, 0.4) is 0 Å². The summed E-state index contributed by atoms with van der Waals surface area (Å²) in [6.45, 7) is 1.72. The minimum Gasteiger partial charge on any atom is -0.497 e. The molecule has 0 aliphatic carbocycles. The van der Waals surface area contributed by atoms with Gasteiger partial charge in [0, 0.05) is 37.0 Å². The Balaban J connectivity index is 1.81. The molecule has 1 fully saturated rings. The molecule has 9 heteroatoms. The summed E-state index contributed by atoms with van der Waals surface area (Å²) in [4.78, 5) is 2.17. The monoisotopic (exact) mass is 421 g/mol. The van der Waals surface area contributed by atoms with Gasteiger partial charge in [-0.15, -0.1) is 0 Å². The van der Waals surface area contributed by atoms with E-state index in [1.165, 1.54) is 13.2 Å². The van der Waals surface area contributed by atoms with E-state index in [-0.39, 0.29) is 17.5 Å². The number of nitrogens with one attached hydrogen (secondary N) is 1. The molecule has 1 aliphatic heterocycles. The lowest BCUT2D eigenvalue weighted by Crippen LogP contribution is -2.26. The largest absolute Gasteiger partial charge is 0.497 e. The highest BCUT2D eigenvalue weighted by Gasteiger charge is 2.26. The number of anilines is 1. The van der Waals surface area contributed by atoms with Crippen LogP contribution in [0.15, 0.2) is 41.3 Å². The van der Waals surface area contributed by atoms with Gasteiger partial charge >= 0.3 is 0 Å². The number of rotatable bonds is 8. The van der Waals surface area contributed by atoms with Gasteiger partial charge in [-0.3, -0.25) is 0 Å². The fourth-order valence-electron chi connectivity index (χ4n) is 3.25. The maximum Gasteiger partial charge on any atom is 0.244 e. The van der Waals surface area contributed by atoms with Gasteiger partial charge in [0.25, 0.3) is 0 Å². The van der Waals surface area contributed by atoms with Gasteiger partial charge in [-0.1, -0.05) is 6.07 Å². The molecule has 0 radical (unpaired) electrons. The first-order valence-corrected chi connectivity index (χ1v) is 10.8. The van der Waals surface area contributed by atoms with Crippen LogP contribution in [0.4, 0.5) is 5.69 Å². The zero-order valence-corrected chi connectivity index (χ0v) is 17.7. The Bertz CT molecular complexity index is 965. The van der Waals surface area contributed by atoms with Crippen molar-refractivity contribution < 1.29 is 22.6 Å². The SMILES string of the molecule is COc1ccc(CNS(=O)(=O)c2cc(N)ccc2O[C@@H]2CCN(C)C2)c(OC)c1. The summed E-state index contributed by atoms with van der Waals surface area (Å²) in [6.07, 6.45) is 0.788. The van der Waals surface area contributed by atoms with Crippen LogP contribution in [-0.2, 0) is 16.6 Å². The Morgan fingerprint density at radius 3 is 2.59 bits per heavy atom. The van der Waals surface area contributed by atoms with Gasteiger partial charge < -0.3 is 24.8 Å². The summed E-state index contributed by atoms with van der Waals surface area (Å²) < 4.78 is 45.1. The van der Waals surface area contributed by atoms with Crippen molar-refractivity contribution in [2.45, 2.75) is 24.0 Å². The maximum atomic E-state index is 13.0. The summed E-state index contributed by atoms with van der Waals surface area (Å²) in [6, 6.07) is 9.87. The van der Waals surface area contributed by atoms with Gasteiger partial charge in [0.05, 0.1) is 14.2 Å². The van der Waals surface area contributed by atoms with Crippen LogP contribution in [0.5, 0.6) is 17.2 Å². The molecule has 0 unspecified atom stereocenters. The standard InChI is InChI=1S/C20H27N3O5S/c1-23-9-8-17(13-23)28-18-7-5-15(21)10-20(18)29(24,25)22-12-14-4-6-16(26-2)11-19(14)27-3/h4-7,10-11,17,22H,8-9,12-13,21H2,1-3H3/t17-/m1/s1. The predicted octanol–water partition coefficient (Wildman–Crippen LogP) is 1.85. The van der Waals surface area contributed by atoms with Gasteiger partial charge in [0.1, 0.15) is 28.2 Å². The number of nitrogen functional groups attached to an aromatic ring is 1. The molecule has 8 nitrogen and oxygen atoms in total. The average Bonchev–Trinajstić information content (AvgIpc) is 3.12. The molecule has 1 saturated heterocycles. The molecule has 0 amide bonds. The number of likely N-dealkylation sites (N-methyl/N-ethyl adjacent to an activating group) is 1. The van der Waals surface area contributed by atoms with Crippen molar-refractivity contribution in [1.29, 1.82) is 0 Å². The minimum absolute atomic E-state index is 0.0273. The lowest BCUT2D eigenvalue weighted by atomic mass is 10.2. The number of hydrogen-bond donors (Lipinski definition) is 2. The zero-order chi connectivity index (χ0) is 21.0. The Labute approximate surface area is 171 Å². The molecule has 2 aromatic carbocycles. The van der Waals surface area contributed by atoms with Crippen LogP contribution in [0.1, 0.15) is 12.0 Å². The number of methoxy groups -OCH3 is 2. The smallest absolute Gasteiger partial charge is 0.244 e. The van der Waals surface area contributed by atoms with Crippen LogP contribution in [0.2, 0.25) is 0 Å². The molecular weight excluding hydrogens is 394 g/mol. The van der Waals surface area contributed by atoms with Crippen molar-refractivity contribution in [2.75, 3.05) is 40.1 Å². The third-order valence-corrected chi connectivity index (χ3v) is 6.27. The number of ether oxygens (including phenoxy) is 3. The van der Waals surface area contributed by atoms with Crippen molar-refractivity contribution in [3.8, 4) is 17.2 Å². The number of benzene rings is 2. The Hall–Kier alpha value is -2.49. The first-order valence-electron chi connectivity index (χ1n) is 9.27. The normalized spacial score (nSPS) is 17.3. The highest BCUT2D eigenvalue weighted by atomic mass is 32.2. The van der Waals surface area contributed by atoms with E-state index >= 15 is 0 Å². The van der Waals surface area contributed by atoms with Gasteiger partial charge in [-0.25, -0.2) is 13.1 Å². The van der Waals surface area contributed by atoms with Crippen molar-refractivity contribution in [2.24, 2.45) is 0 Å². The third kappa shape index (κ3) is 5.11. The van der Waals surface area contributed by atoms with Crippen molar-refractivity contribution >= 4 is 15.7 Å². The fourth-order valence-corrected chi connectivity index (χ4v) is 4.42. The van der Waals surface area contributed by atoms with Crippen LogP contribution < -0.4 is 24.7 Å². The Morgan fingerprint density at radius 1 is 1.14 bits per heavy atom. The molecule has 158 valence electrons. The maximum absolute atomic E-state index is 13.0. The van der Waals surface area contributed by atoms with Crippen LogP contribution in [0, 0.1) is 0 Å². The van der Waals surface area contributed by atoms with Crippen LogP contribution in [0.25, 0.3) is 0 Å². The highest BCUT2D eigenvalue weighted by Crippen LogP contribution is 2.30. The molecule has 29 heavy (non-hydrogen) atoms. The predicted molar refractivity (Wildman–Crippen MR) is 111 cm³/mol. The summed E-state index contributed by atoms with van der Waals surface area (Å²) in [5, 5.41) is 0. The molecule has 0 spiro atoms. The molecular formula is C20H27N3O5S. The summed E-state index contributed by atoms with van der Waals surface area (Å²) in [5.74, 6) is 1.46. The van der Waals surface area contributed by atoms with Gasteiger partial charge in [-0.2, -0.15) is 0 Å². The van der Waals surface area contributed by atoms with E-state index in [1.54, 1.807) is 37.4 Å². The number of nitrogens with two attached hydrogens (primary N) is 1. The van der Waals surface area contributed by atoms with E-state index in [9.17, 15) is 8.42 Å². The third-order valence-electron chi connectivity index (χ3n) is 4.85. The van der Waals surface area contributed by atoms with E-state index in [0.717, 1.165) is 19.5 Å². The van der Waals surface area contributed by atoms with E-state index in [4.69, 9.17) is 19.9 Å².